The van der Waals surface area contributed by atoms with Crippen LogP contribution < -0.4 is 5.43 Å². The summed E-state index contributed by atoms with van der Waals surface area (Å²) < 4.78 is 24.7. The molecule has 1 aromatic carbocycles. The lowest BCUT2D eigenvalue weighted by atomic mass is 10.2. The molecule has 0 spiro atoms. The summed E-state index contributed by atoms with van der Waals surface area (Å²) in [6.45, 7) is -0.888. The molecule has 0 aromatic heterocycles. The van der Waals surface area contributed by atoms with Crippen LogP contribution in [0.3, 0.4) is 0 Å². The highest BCUT2D eigenvalue weighted by Crippen LogP contribution is 2.13. The molecule has 1 aromatic rings. The van der Waals surface area contributed by atoms with E-state index in [1.807, 2.05) is 0 Å². The minimum atomic E-state index is -0.888. The quantitative estimate of drug-likeness (QED) is 0.640. The van der Waals surface area contributed by atoms with Gasteiger partial charge in [0, 0.05) is 0 Å². The molecule has 0 aliphatic rings. The smallest absolute Gasteiger partial charge is 0.157 e. The zero-order valence-electron chi connectivity index (χ0n) is 7.47. The number of hydrogen-bond acceptors (Lipinski definition) is 3. The number of nitrogens with one attached hydrogen (secondary N) is 1. The summed E-state index contributed by atoms with van der Waals surface area (Å²) in [7, 11) is 0. The molecule has 0 aliphatic carbocycles. The zero-order valence-corrected chi connectivity index (χ0v) is 8.22. The van der Waals surface area contributed by atoms with Crippen molar-refractivity contribution in [3.8, 4) is 6.07 Å². The van der Waals surface area contributed by atoms with E-state index >= 15 is 0 Å². The molecule has 1 rings (SSSR count). The highest BCUT2D eigenvalue weighted by Gasteiger charge is 2.01. The third-order valence-electron chi connectivity index (χ3n) is 1.50. The van der Waals surface area contributed by atoms with E-state index in [0.29, 0.717) is 5.69 Å². The largest absolute Gasteiger partial charge is 0.277 e. The minimum Gasteiger partial charge on any atom is -0.277 e. The van der Waals surface area contributed by atoms with Gasteiger partial charge in [-0.1, -0.05) is 11.6 Å². The number of benzene rings is 1. The van der Waals surface area contributed by atoms with E-state index in [9.17, 15) is 8.78 Å². The van der Waals surface area contributed by atoms with E-state index in [-0.39, 0.29) is 10.7 Å². The van der Waals surface area contributed by atoms with Gasteiger partial charge in [0.15, 0.2) is 5.17 Å². The lowest BCUT2D eigenvalue weighted by molar-refractivity contribution is 0.585. The predicted octanol–water partition coefficient (Wildman–Crippen LogP) is 2.63. The normalized spacial score (nSPS) is 10.9. The summed E-state index contributed by atoms with van der Waals surface area (Å²) in [5.74, 6) is -0.622. The van der Waals surface area contributed by atoms with Gasteiger partial charge in [0.1, 0.15) is 18.6 Å². The number of rotatable bonds is 3. The maximum absolute atomic E-state index is 12.9. The van der Waals surface area contributed by atoms with Crippen LogP contribution in [-0.4, -0.2) is 11.8 Å². The van der Waals surface area contributed by atoms with Gasteiger partial charge in [-0.2, -0.15) is 10.4 Å². The van der Waals surface area contributed by atoms with Crippen LogP contribution in [0.25, 0.3) is 0 Å². The molecular formula is C9H6ClF2N3. The molecule has 0 fully saturated rings. The molecular weight excluding hydrogens is 224 g/mol. The van der Waals surface area contributed by atoms with E-state index in [1.54, 1.807) is 6.07 Å². The standard InChI is InChI=1S/C9H6ClF2N3/c10-9(4-11)15-14-7-1-2-8(12)6(3-7)5-13/h1-3,14H,4H2/b15-9-. The van der Waals surface area contributed by atoms with Crippen LogP contribution in [0.4, 0.5) is 14.5 Å². The maximum Gasteiger partial charge on any atom is 0.157 e. The van der Waals surface area contributed by atoms with Crippen molar-refractivity contribution < 1.29 is 8.78 Å². The van der Waals surface area contributed by atoms with Gasteiger partial charge in [-0.05, 0) is 18.2 Å². The molecule has 0 amide bonds. The van der Waals surface area contributed by atoms with Crippen molar-refractivity contribution in [3.63, 3.8) is 0 Å². The number of hydrogen-bond donors (Lipinski definition) is 1. The van der Waals surface area contributed by atoms with Gasteiger partial charge in [0.2, 0.25) is 0 Å². The lowest BCUT2D eigenvalue weighted by Gasteiger charge is -2.01. The van der Waals surface area contributed by atoms with Crippen molar-refractivity contribution in [3.05, 3.63) is 29.6 Å². The zero-order chi connectivity index (χ0) is 11.3. The second-order valence-corrected chi connectivity index (χ2v) is 2.98. The van der Waals surface area contributed by atoms with Gasteiger partial charge >= 0.3 is 0 Å². The molecule has 0 bridgehead atoms. The van der Waals surface area contributed by atoms with Gasteiger partial charge in [-0.3, -0.25) is 5.43 Å². The number of alkyl halides is 1. The highest BCUT2D eigenvalue weighted by atomic mass is 35.5. The summed E-state index contributed by atoms with van der Waals surface area (Å²) in [5.41, 5.74) is 2.64. The Bertz CT molecular complexity index is 426. The second-order valence-electron chi connectivity index (χ2n) is 2.54. The summed E-state index contributed by atoms with van der Waals surface area (Å²) in [6.07, 6.45) is 0. The van der Waals surface area contributed by atoms with Crippen LogP contribution in [0.5, 0.6) is 0 Å². The fraction of sp³-hybridized carbons (Fsp3) is 0.111. The molecule has 0 radical (unpaired) electrons. The number of halogens is 3. The van der Waals surface area contributed by atoms with Crippen molar-refractivity contribution in [2.75, 3.05) is 12.1 Å². The Balaban J connectivity index is 2.85. The topological polar surface area (TPSA) is 48.2 Å². The summed E-state index contributed by atoms with van der Waals surface area (Å²) in [5, 5.41) is 11.7. The van der Waals surface area contributed by atoms with Crippen molar-refractivity contribution in [2.24, 2.45) is 5.10 Å². The number of nitrogens with zero attached hydrogens (tertiary/aromatic N) is 2. The minimum absolute atomic E-state index is 0.119. The number of anilines is 1. The summed E-state index contributed by atoms with van der Waals surface area (Å²) >= 11 is 5.29. The van der Waals surface area contributed by atoms with Crippen LogP contribution in [0.15, 0.2) is 23.3 Å². The Hall–Kier alpha value is -1.67. The van der Waals surface area contributed by atoms with E-state index in [1.165, 1.54) is 12.1 Å². The fourth-order valence-corrected chi connectivity index (χ4v) is 0.878. The Morgan fingerprint density at radius 3 is 2.93 bits per heavy atom. The molecule has 3 nitrogen and oxygen atoms in total. The first-order valence-corrected chi connectivity index (χ1v) is 4.29. The van der Waals surface area contributed by atoms with Crippen LogP contribution >= 0.6 is 11.6 Å². The summed E-state index contributed by atoms with van der Waals surface area (Å²) in [6, 6.07) is 5.39. The third-order valence-corrected chi connectivity index (χ3v) is 1.69. The lowest BCUT2D eigenvalue weighted by Crippen LogP contribution is -1.97. The molecule has 78 valence electrons. The molecule has 0 atom stereocenters. The molecule has 1 N–H and O–H groups in total. The van der Waals surface area contributed by atoms with Crippen LogP contribution in [-0.2, 0) is 0 Å². The first-order valence-electron chi connectivity index (χ1n) is 3.91. The average molecular weight is 230 g/mol. The van der Waals surface area contributed by atoms with E-state index in [4.69, 9.17) is 16.9 Å². The van der Waals surface area contributed by atoms with Gasteiger partial charge in [-0.15, -0.1) is 0 Å². The predicted molar refractivity (Wildman–Crippen MR) is 54.0 cm³/mol. The fourth-order valence-electron chi connectivity index (χ4n) is 0.836. The Kier molecular flexibility index (Phi) is 4.01. The van der Waals surface area contributed by atoms with Crippen LogP contribution in [0, 0.1) is 17.1 Å². The van der Waals surface area contributed by atoms with Crippen molar-refractivity contribution in [1.82, 2.24) is 0 Å². The summed E-state index contributed by atoms with van der Waals surface area (Å²) in [4.78, 5) is 0. The molecule has 0 saturated carbocycles. The van der Waals surface area contributed by atoms with Gasteiger partial charge < -0.3 is 0 Å². The second kappa shape index (κ2) is 5.27. The monoisotopic (exact) mass is 229 g/mol. The Labute approximate surface area is 90.0 Å². The molecule has 0 unspecified atom stereocenters. The third kappa shape index (κ3) is 3.18. The van der Waals surface area contributed by atoms with Gasteiger partial charge in [-0.25, -0.2) is 8.78 Å². The molecule has 0 saturated heterocycles. The molecule has 6 heteroatoms. The van der Waals surface area contributed by atoms with E-state index < -0.39 is 12.5 Å². The number of hydrazone groups is 1. The number of nitriles is 1. The first kappa shape index (κ1) is 11.4. The Morgan fingerprint density at radius 1 is 1.60 bits per heavy atom. The molecule has 15 heavy (non-hydrogen) atoms. The van der Waals surface area contributed by atoms with Crippen LogP contribution in [0.2, 0.25) is 0 Å². The molecule has 0 aliphatic heterocycles. The SMILES string of the molecule is N#Cc1cc(N/N=C(\Cl)CF)ccc1F. The molecule has 0 heterocycles. The van der Waals surface area contributed by atoms with Crippen molar-refractivity contribution >= 4 is 22.5 Å². The van der Waals surface area contributed by atoms with Gasteiger partial charge in [0.25, 0.3) is 0 Å². The van der Waals surface area contributed by atoms with Crippen molar-refractivity contribution in [2.45, 2.75) is 0 Å². The Morgan fingerprint density at radius 2 is 2.33 bits per heavy atom. The van der Waals surface area contributed by atoms with Crippen LogP contribution in [0.1, 0.15) is 5.56 Å². The van der Waals surface area contributed by atoms with E-state index in [0.717, 1.165) is 6.07 Å². The van der Waals surface area contributed by atoms with E-state index in [2.05, 4.69) is 10.5 Å². The first-order chi connectivity index (χ1) is 7.17. The van der Waals surface area contributed by atoms with Crippen molar-refractivity contribution in [1.29, 1.82) is 5.26 Å². The average Bonchev–Trinajstić information content (AvgIpc) is 2.27. The highest BCUT2D eigenvalue weighted by molar-refractivity contribution is 6.65. The maximum atomic E-state index is 12.9. The van der Waals surface area contributed by atoms with Gasteiger partial charge in [0.05, 0.1) is 11.3 Å².